The number of likely N-dealkylation sites (N-methyl/N-ethyl adjacent to an activating group) is 1. The van der Waals surface area contributed by atoms with Gasteiger partial charge in [-0.1, -0.05) is 13.0 Å². The van der Waals surface area contributed by atoms with E-state index in [1.807, 2.05) is 30.9 Å². The summed E-state index contributed by atoms with van der Waals surface area (Å²) < 4.78 is 27.7. The van der Waals surface area contributed by atoms with Gasteiger partial charge in [0.05, 0.1) is 23.4 Å². The van der Waals surface area contributed by atoms with Crippen LogP contribution in [-0.4, -0.2) is 74.2 Å². The third-order valence-electron chi connectivity index (χ3n) is 6.11. The molecule has 1 atom stereocenters. The Balaban J connectivity index is 1.59. The molecule has 1 heterocycles. The van der Waals surface area contributed by atoms with Gasteiger partial charge in [0.2, 0.25) is 15.9 Å². The van der Waals surface area contributed by atoms with Crippen LogP contribution in [0, 0.1) is 17.2 Å². The SMILES string of the molecule is CCN(CC(=O)N1CCN(S(=O)(=O)c2ccc3c(c2)CCCC3)CC1)CC(C)C#N. The zero-order chi connectivity index (χ0) is 21.7. The van der Waals surface area contributed by atoms with Gasteiger partial charge in [0.25, 0.3) is 0 Å². The number of fused-ring (bicyclic) bond motifs is 1. The fourth-order valence-corrected chi connectivity index (χ4v) is 5.70. The van der Waals surface area contributed by atoms with Crippen molar-refractivity contribution in [2.75, 3.05) is 45.8 Å². The van der Waals surface area contributed by atoms with Gasteiger partial charge in [0.15, 0.2) is 0 Å². The zero-order valence-electron chi connectivity index (χ0n) is 18.0. The lowest BCUT2D eigenvalue weighted by atomic mass is 9.92. The maximum atomic E-state index is 13.1. The molecule has 2 aliphatic rings. The first-order chi connectivity index (χ1) is 14.3. The predicted molar refractivity (Wildman–Crippen MR) is 115 cm³/mol. The molecular formula is C22H32N4O3S. The van der Waals surface area contributed by atoms with E-state index in [-0.39, 0.29) is 18.4 Å². The van der Waals surface area contributed by atoms with Gasteiger partial charge in [0.1, 0.15) is 0 Å². The van der Waals surface area contributed by atoms with Crippen LogP contribution in [0.5, 0.6) is 0 Å². The van der Waals surface area contributed by atoms with E-state index in [0.29, 0.717) is 44.2 Å². The standard InChI is InChI=1S/C22H32N4O3S/c1-3-24(16-18(2)15-23)17-22(27)25-10-12-26(13-11-25)30(28,29)21-9-8-19-6-4-5-7-20(19)14-21/h8-9,14,18H,3-7,10-13,16-17H2,1-2H3. The molecule has 0 aromatic heterocycles. The summed E-state index contributed by atoms with van der Waals surface area (Å²) in [6.07, 6.45) is 4.25. The highest BCUT2D eigenvalue weighted by molar-refractivity contribution is 7.89. The largest absolute Gasteiger partial charge is 0.339 e. The van der Waals surface area contributed by atoms with Crippen LogP contribution in [0.25, 0.3) is 0 Å². The third-order valence-corrected chi connectivity index (χ3v) is 8.00. The highest BCUT2D eigenvalue weighted by atomic mass is 32.2. The number of nitriles is 1. The van der Waals surface area contributed by atoms with Crippen LogP contribution >= 0.6 is 0 Å². The van der Waals surface area contributed by atoms with E-state index in [0.717, 1.165) is 24.8 Å². The Labute approximate surface area is 180 Å². The summed E-state index contributed by atoms with van der Waals surface area (Å²) >= 11 is 0. The number of piperazine rings is 1. The van der Waals surface area contributed by atoms with Crippen molar-refractivity contribution in [2.45, 2.75) is 44.4 Å². The number of hydrogen-bond donors (Lipinski definition) is 0. The van der Waals surface area contributed by atoms with Gasteiger partial charge in [-0.15, -0.1) is 0 Å². The van der Waals surface area contributed by atoms with E-state index in [2.05, 4.69) is 6.07 Å². The molecule has 7 nitrogen and oxygen atoms in total. The number of carbonyl (C=O) groups is 1. The molecule has 1 saturated heterocycles. The molecule has 1 aliphatic heterocycles. The van der Waals surface area contributed by atoms with Gasteiger partial charge >= 0.3 is 0 Å². The van der Waals surface area contributed by atoms with Crippen molar-refractivity contribution in [3.8, 4) is 6.07 Å². The average Bonchev–Trinajstić information content (AvgIpc) is 2.78. The molecule has 164 valence electrons. The zero-order valence-corrected chi connectivity index (χ0v) is 18.8. The number of hydrogen-bond acceptors (Lipinski definition) is 5. The summed E-state index contributed by atoms with van der Waals surface area (Å²) in [6.45, 7) is 6.76. The van der Waals surface area contributed by atoms with E-state index >= 15 is 0 Å². The summed E-state index contributed by atoms with van der Waals surface area (Å²) in [4.78, 5) is 16.7. The van der Waals surface area contributed by atoms with Crippen LogP contribution < -0.4 is 0 Å². The normalized spacial score (nSPS) is 18.7. The van der Waals surface area contributed by atoms with Crippen molar-refractivity contribution < 1.29 is 13.2 Å². The molecule has 0 N–H and O–H groups in total. The molecule has 0 spiro atoms. The number of sulfonamides is 1. The molecule has 0 saturated carbocycles. The number of carbonyl (C=O) groups excluding carboxylic acids is 1. The van der Waals surface area contributed by atoms with Crippen molar-refractivity contribution in [3.05, 3.63) is 29.3 Å². The fraction of sp³-hybridized carbons (Fsp3) is 0.636. The van der Waals surface area contributed by atoms with E-state index in [4.69, 9.17) is 5.26 Å². The van der Waals surface area contributed by atoms with Crippen LogP contribution in [0.15, 0.2) is 23.1 Å². The average molecular weight is 433 g/mol. The Bertz CT molecular complexity index is 901. The van der Waals surface area contributed by atoms with Crippen LogP contribution in [0.1, 0.15) is 37.8 Å². The lowest BCUT2D eigenvalue weighted by Gasteiger charge is -2.35. The number of rotatable bonds is 7. The summed E-state index contributed by atoms with van der Waals surface area (Å²) in [5, 5.41) is 8.99. The second kappa shape index (κ2) is 9.90. The molecule has 1 aliphatic carbocycles. The molecule has 0 bridgehead atoms. The second-order valence-electron chi connectivity index (χ2n) is 8.28. The van der Waals surface area contributed by atoms with E-state index in [1.165, 1.54) is 16.3 Å². The van der Waals surface area contributed by atoms with Crippen LogP contribution in [0.2, 0.25) is 0 Å². The summed E-state index contributed by atoms with van der Waals surface area (Å²) in [5.74, 6) is -0.135. The Morgan fingerprint density at radius 1 is 1.17 bits per heavy atom. The van der Waals surface area contributed by atoms with Crippen molar-refractivity contribution in [3.63, 3.8) is 0 Å². The monoisotopic (exact) mass is 432 g/mol. The Kier molecular flexibility index (Phi) is 7.50. The van der Waals surface area contributed by atoms with Gasteiger partial charge in [-0.05, 0) is 62.4 Å². The maximum Gasteiger partial charge on any atom is 0.243 e. The topological polar surface area (TPSA) is 84.7 Å². The first-order valence-corrected chi connectivity index (χ1v) is 12.3. The Hall–Kier alpha value is -1.95. The van der Waals surface area contributed by atoms with Crippen LogP contribution in [0.3, 0.4) is 0 Å². The first kappa shape index (κ1) is 22.7. The van der Waals surface area contributed by atoms with E-state index in [1.54, 1.807) is 11.0 Å². The van der Waals surface area contributed by atoms with E-state index in [9.17, 15) is 13.2 Å². The van der Waals surface area contributed by atoms with Gasteiger partial charge in [-0.3, -0.25) is 9.69 Å². The lowest BCUT2D eigenvalue weighted by molar-refractivity contribution is -0.133. The molecule has 3 rings (SSSR count). The maximum absolute atomic E-state index is 13.1. The van der Waals surface area contributed by atoms with Crippen molar-refractivity contribution >= 4 is 15.9 Å². The van der Waals surface area contributed by atoms with Gasteiger partial charge in [0, 0.05) is 32.7 Å². The Morgan fingerprint density at radius 3 is 2.47 bits per heavy atom. The number of benzene rings is 1. The second-order valence-corrected chi connectivity index (χ2v) is 10.2. The summed E-state index contributed by atoms with van der Waals surface area (Å²) in [6, 6.07) is 7.73. The number of amides is 1. The molecule has 1 aromatic rings. The van der Waals surface area contributed by atoms with Gasteiger partial charge in [-0.25, -0.2) is 8.42 Å². The molecule has 1 unspecified atom stereocenters. The van der Waals surface area contributed by atoms with Gasteiger partial charge in [-0.2, -0.15) is 9.57 Å². The van der Waals surface area contributed by atoms with E-state index < -0.39 is 10.0 Å². The highest BCUT2D eigenvalue weighted by Gasteiger charge is 2.31. The highest BCUT2D eigenvalue weighted by Crippen LogP contribution is 2.26. The predicted octanol–water partition coefficient (Wildman–Crippen LogP) is 1.88. The van der Waals surface area contributed by atoms with Crippen molar-refractivity contribution in [1.29, 1.82) is 5.26 Å². The smallest absolute Gasteiger partial charge is 0.243 e. The molecule has 1 fully saturated rings. The lowest BCUT2D eigenvalue weighted by Crippen LogP contribution is -2.52. The minimum Gasteiger partial charge on any atom is -0.339 e. The number of nitrogens with zero attached hydrogens (tertiary/aromatic N) is 4. The first-order valence-electron chi connectivity index (χ1n) is 10.9. The quantitative estimate of drug-likeness (QED) is 0.657. The van der Waals surface area contributed by atoms with Gasteiger partial charge < -0.3 is 4.90 Å². The molecule has 1 aromatic carbocycles. The third kappa shape index (κ3) is 5.20. The molecule has 30 heavy (non-hydrogen) atoms. The molecule has 1 amide bonds. The minimum atomic E-state index is -3.54. The van der Waals surface area contributed by atoms with Crippen molar-refractivity contribution in [2.24, 2.45) is 5.92 Å². The molecular weight excluding hydrogens is 400 g/mol. The van der Waals surface area contributed by atoms with Crippen molar-refractivity contribution in [1.82, 2.24) is 14.1 Å². The molecule has 8 heteroatoms. The number of aryl methyl sites for hydroxylation is 2. The molecule has 0 radical (unpaired) electrons. The summed E-state index contributed by atoms with van der Waals surface area (Å²) in [7, 11) is -3.54. The summed E-state index contributed by atoms with van der Waals surface area (Å²) in [5.41, 5.74) is 2.42. The van der Waals surface area contributed by atoms with Crippen LogP contribution in [0.4, 0.5) is 0 Å². The minimum absolute atomic E-state index is 0.00665. The fourth-order valence-electron chi connectivity index (χ4n) is 4.22. The Morgan fingerprint density at radius 2 is 1.83 bits per heavy atom. The van der Waals surface area contributed by atoms with Crippen LogP contribution in [-0.2, 0) is 27.7 Å².